The van der Waals surface area contributed by atoms with E-state index in [0.29, 0.717) is 24.7 Å². The normalized spacial score (nSPS) is 10.6. The van der Waals surface area contributed by atoms with E-state index in [9.17, 15) is 4.79 Å². The Morgan fingerprint density at radius 3 is 2.56 bits per heavy atom. The second kappa shape index (κ2) is 9.39. The van der Waals surface area contributed by atoms with Crippen LogP contribution in [0.15, 0.2) is 47.1 Å². The summed E-state index contributed by atoms with van der Waals surface area (Å²) in [6.07, 6.45) is 1.63. The van der Waals surface area contributed by atoms with Gasteiger partial charge in [0.05, 0.1) is 7.11 Å². The Bertz CT molecular complexity index is 692. The number of pyridine rings is 1. The lowest BCUT2D eigenvalue weighted by Gasteiger charge is -2.25. The number of hydrogen-bond donors (Lipinski definition) is 1. The topological polar surface area (TPSA) is 57.7 Å². The van der Waals surface area contributed by atoms with Crippen molar-refractivity contribution in [3.8, 4) is 5.88 Å². The van der Waals surface area contributed by atoms with Crippen LogP contribution in [-0.2, 0) is 6.54 Å². The molecule has 0 spiro atoms. The van der Waals surface area contributed by atoms with E-state index in [1.54, 1.807) is 23.2 Å². The van der Waals surface area contributed by atoms with Crippen LogP contribution in [-0.4, -0.2) is 55.1 Å². The van der Waals surface area contributed by atoms with Crippen LogP contribution < -0.4 is 10.1 Å². The number of likely N-dealkylation sites (N-methyl/N-ethyl adjacent to an activating group) is 1. The molecule has 0 radical (unpaired) electrons. The molecule has 0 unspecified atom stereocenters. The molecule has 0 aliphatic rings. The van der Waals surface area contributed by atoms with Gasteiger partial charge in [-0.2, -0.15) is 0 Å². The van der Waals surface area contributed by atoms with Crippen molar-refractivity contribution in [3.05, 3.63) is 52.6 Å². The molecule has 1 N–H and O–H groups in total. The number of ether oxygens (including phenoxy) is 1. The lowest BCUT2D eigenvalue weighted by Crippen LogP contribution is -2.39. The van der Waals surface area contributed by atoms with Crippen molar-refractivity contribution in [3.63, 3.8) is 0 Å². The minimum Gasteiger partial charge on any atom is -0.480 e. The number of methoxy groups -OCH3 is 1. The number of carbonyl (C=O) groups is 1. The summed E-state index contributed by atoms with van der Waals surface area (Å²) in [6, 6.07) is 11.3. The summed E-state index contributed by atoms with van der Waals surface area (Å²) in [5.74, 6) is 0.395. The first-order valence-electron chi connectivity index (χ1n) is 7.93. The molecule has 0 bridgehead atoms. The summed E-state index contributed by atoms with van der Waals surface area (Å²) < 4.78 is 6.21. The molecule has 1 heterocycles. The molecule has 2 rings (SSSR count). The number of amides is 2. The Balaban J connectivity index is 2.12. The molecule has 7 heteroatoms. The number of carbonyl (C=O) groups excluding carboxylic acids is 1. The summed E-state index contributed by atoms with van der Waals surface area (Å²) in [5.41, 5.74) is 1.62. The number of aromatic nitrogens is 1. The van der Waals surface area contributed by atoms with Gasteiger partial charge in [0.1, 0.15) is 5.69 Å². The van der Waals surface area contributed by atoms with Gasteiger partial charge in [0, 0.05) is 30.3 Å². The molecule has 134 valence electrons. The highest BCUT2D eigenvalue weighted by atomic mass is 79.9. The number of anilines is 1. The Labute approximate surface area is 156 Å². The maximum Gasteiger partial charge on any atom is 0.322 e. The number of rotatable bonds is 7. The highest BCUT2D eigenvalue weighted by Crippen LogP contribution is 2.20. The van der Waals surface area contributed by atoms with E-state index in [1.807, 2.05) is 43.3 Å². The van der Waals surface area contributed by atoms with Crippen molar-refractivity contribution in [1.29, 1.82) is 0 Å². The van der Waals surface area contributed by atoms with E-state index in [-0.39, 0.29) is 6.03 Å². The molecule has 0 atom stereocenters. The van der Waals surface area contributed by atoms with Gasteiger partial charge in [-0.3, -0.25) is 0 Å². The van der Waals surface area contributed by atoms with Crippen LogP contribution in [0, 0.1) is 0 Å². The molecule has 25 heavy (non-hydrogen) atoms. The molecule has 0 saturated heterocycles. The van der Waals surface area contributed by atoms with Gasteiger partial charge in [-0.25, -0.2) is 9.78 Å². The first kappa shape index (κ1) is 19.2. The Kier molecular flexibility index (Phi) is 7.21. The fourth-order valence-corrected chi connectivity index (χ4v) is 2.49. The monoisotopic (exact) mass is 406 g/mol. The van der Waals surface area contributed by atoms with Gasteiger partial charge >= 0.3 is 6.03 Å². The lowest BCUT2D eigenvalue weighted by molar-refractivity contribution is 0.202. The summed E-state index contributed by atoms with van der Waals surface area (Å²) in [5, 5.41) is 2.89. The lowest BCUT2D eigenvalue weighted by atomic mass is 10.2. The molecule has 0 aliphatic carbocycles. The first-order chi connectivity index (χ1) is 12.0. The molecule has 2 amide bonds. The van der Waals surface area contributed by atoms with Gasteiger partial charge in [-0.15, -0.1) is 0 Å². The van der Waals surface area contributed by atoms with E-state index < -0.39 is 0 Å². The Hall–Kier alpha value is -2.12. The van der Waals surface area contributed by atoms with Gasteiger partial charge in [0.2, 0.25) is 5.88 Å². The van der Waals surface area contributed by atoms with E-state index in [1.165, 1.54) is 7.11 Å². The summed E-state index contributed by atoms with van der Waals surface area (Å²) >= 11 is 3.43. The van der Waals surface area contributed by atoms with E-state index in [2.05, 4.69) is 26.2 Å². The zero-order chi connectivity index (χ0) is 18.2. The Morgan fingerprint density at radius 1 is 1.20 bits per heavy atom. The van der Waals surface area contributed by atoms with Crippen molar-refractivity contribution in [1.82, 2.24) is 14.8 Å². The van der Waals surface area contributed by atoms with E-state index in [0.717, 1.165) is 16.6 Å². The first-order valence-corrected chi connectivity index (χ1v) is 8.73. The minimum absolute atomic E-state index is 0.184. The van der Waals surface area contributed by atoms with Crippen LogP contribution >= 0.6 is 15.9 Å². The number of halogens is 1. The largest absolute Gasteiger partial charge is 0.480 e. The minimum atomic E-state index is -0.184. The van der Waals surface area contributed by atoms with E-state index >= 15 is 0 Å². The van der Waals surface area contributed by atoms with Gasteiger partial charge < -0.3 is 19.9 Å². The zero-order valence-corrected chi connectivity index (χ0v) is 16.3. The SMILES string of the molecule is COc1ncccc1NC(=O)N(CCN(C)C)Cc1ccc(Br)cc1. The van der Waals surface area contributed by atoms with Crippen LogP contribution in [0.5, 0.6) is 5.88 Å². The van der Waals surface area contributed by atoms with Crippen molar-refractivity contribution in [2.24, 2.45) is 0 Å². The molecular formula is C18H23BrN4O2. The van der Waals surface area contributed by atoms with Gasteiger partial charge in [0.25, 0.3) is 0 Å². The number of hydrogen-bond acceptors (Lipinski definition) is 4. The number of nitrogens with one attached hydrogen (secondary N) is 1. The van der Waals surface area contributed by atoms with Crippen LogP contribution in [0.25, 0.3) is 0 Å². The predicted octanol–water partition coefficient (Wildman–Crippen LogP) is 3.45. The van der Waals surface area contributed by atoms with Crippen LogP contribution in [0.4, 0.5) is 10.5 Å². The standard InChI is InChI=1S/C18H23BrN4O2/c1-22(2)11-12-23(13-14-6-8-15(19)9-7-14)18(24)21-16-5-4-10-20-17(16)25-3/h4-10H,11-13H2,1-3H3,(H,21,24). The van der Waals surface area contributed by atoms with Crippen molar-refractivity contribution in [2.45, 2.75) is 6.54 Å². The summed E-state index contributed by atoms with van der Waals surface area (Å²) in [4.78, 5) is 20.7. The maximum atomic E-state index is 12.8. The Morgan fingerprint density at radius 2 is 1.92 bits per heavy atom. The number of nitrogens with zero attached hydrogens (tertiary/aromatic N) is 3. The molecule has 2 aromatic rings. The molecule has 1 aromatic heterocycles. The number of urea groups is 1. The highest BCUT2D eigenvalue weighted by Gasteiger charge is 2.16. The smallest absolute Gasteiger partial charge is 0.322 e. The molecule has 6 nitrogen and oxygen atoms in total. The predicted molar refractivity (Wildman–Crippen MR) is 103 cm³/mol. The average molecular weight is 407 g/mol. The van der Waals surface area contributed by atoms with Crippen molar-refractivity contribution >= 4 is 27.6 Å². The fourth-order valence-electron chi connectivity index (χ4n) is 2.23. The average Bonchev–Trinajstić information content (AvgIpc) is 2.60. The number of benzene rings is 1. The fraction of sp³-hybridized carbons (Fsp3) is 0.333. The van der Waals surface area contributed by atoms with Crippen molar-refractivity contribution < 1.29 is 9.53 Å². The van der Waals surface area contributed by atoms with E-state index in [4.69, 9.17) is 4.74 Å². The molecule has 1 aromatic carbocycles. The second-order valence-electron chi connectivity index (χ2n) is 5.84. The van der Waals surface area contributed by atoms with Gasteiger partial charge in [-0.1, -0.05) is 28.1 Å². The molecule has 0 saturated carbocycles. The summed E-state index contributed by atoms with van der Waals surface area (Å²) in [6.45, 7) is 1.90. The third-order valence-corrected chi connectivity index (χ3v) is 4.13. The van der Waals surface area contributed by atoms with Crippen molar-refractivity contribution in [2.75, 3.05) is 39.6 Å². The molecule has 0 fully saturated rings. The molecule has 0 aliphatic heterocycles. The quantitative estimate of drug-likeness (QED) is 0.764. The summed E-state index contributed by atoms with van der Waals surface area (Å²) in [7, 11) is 5.50. The van der Waals surface area contributed by atoms with Gasteiger partial charge in [-0.05, 0) is 43.9 Å². The van der Waals surface area contributed by atoms with Crippen LogP contribution in [0.1, 0.15) is 5.56 Å². The third-order valence-electron chi connectivity index (χ3n) is 3.60. The third kappa shape index (κ3) is 6.03. The second-order valence-corrected chi connectivity index (χ2v) is 6.76. The van der Waals surface area contributed by atoms with Crippen LogP contribution in [0.2, 0.25) is 0 Å². The highest BCUT2D eigenvalue weighted by molar-refractivity contribution is 9.10. The van der Waals surface area contributed by atoms with Crippen LogP contribution in [0.3, 0.4) is 0 Å². The zero-order valence-electron chi connectivity index (χ0n) is 14.7. The molecular weight excluding hydrogens is 384 g/mol. The maximum absolute atomic E-state index is 12.8. The van der Waals surface area contributed by atoms with Gasteiger partial charge in [0.15, 0.2) is 0 Å².